The van der Waals surface area contributed by atoms with Gasteiger partial charge >= 0.3 is 0 Å². The highest BCUT2D eigenvalue weighted by Gasteiger charge is 1.92. The number of hydrogen-bond acceptors (Lipinski definition) is 2. The quantitative estimate of drug-likeness (QED) is 0.666. The molecule has 0 fully saturated rings. The Hall–Kier alpha value is -1.02. The van der Waals surface area contributed by atoms with E-state index in [0.29, 0.717) is 0 Å². The fourth-order valence-corrected chi connectivity index (χ4v) is 1.24. The zero-order valence-electron chi connectivity index (χ0n) is 7.72. The summed E-state index contributed by atoms with van der Waals surface area (Å²) in [7, 11) is 1.87. The van der Waals surface area contributed by atoms with Crippen molar-refractivity contribution >= 4 is 5.69 Å². The highest BCUT2D eigenvalue weighted by molar-refractivity contribution is 5.44. The summed E-state index contributed by atoms with van der Waals surface area (Å²) >= 11 is 0. The van der Waals surface area contributed by atoms with Gasteiger partial charge in [-0.2, -0.15) is 0 Å². The zero-order chi connectivity index (χ0) is 8.81. The Balaban J connectivity index is 2.67. The highest BCUT2D eigenvalue weighted by atomic mass is 15.3. The van der Waals surface area contributed by atoms with Crippen molar-refractivity contribution in [3.05, 3.63) is 29.8 Å². The van der Waals surface area contributed by atoms with E-state index in [1.54, 1.807) is 0 Å². The molecule has 12 heavy (non-hydrogen) atoms. The summed E-state index contributed by atoms with van der Waals surface area (Å²) in [6, 6.07) is 8.45. The molecule has 0 aliphatic carbocycles. The lowest BCUT2D eigenvalue weighted by molar-refractivity contribution is 0.918. The lowest BCUT2D eigenvalue weighted by atomic mass is 10.1. The van der Waals surface area contributed by atoms with Crippen molar-refractivity contribution in [1.29, 1.82) is 0 Å². The third-order valence-corrected chi connectivity index (χ3v) is 1.73. The molecule has 1 aromatic rings. The second-order valence-corrected chi connectivity index (χ2v) is 2.83. The molecule has 0 spiro atoms. The molecule has 1 rings (SSSR count). The van der Waals surface area contributed by atoms with Gasteiger partial charge in [-0.15, -0.1) is 0 Å². The number of anilines is 1. The van der Waals surface area contributed by atoms with Gasteiger partial charge in [0.1, 0.15) is 0 Å². The first-order chi connectivity index (χ1) is 5.86. The topological polar surface area (TPSA) is 24.1 Å². The SMILES string of the molecule is CCCc1cccc(NNC)c1. The van der Waals surface area contributed by atoms with Crippen molar-refractivity contribution in [2.24, 2.45) is 0 Å². The Labute approximate surface area is 74.0 Å². The summed E-state index contributed by atoms with van der Waals surface area (Å²) in [4.78, 5) is 0. The summed E-state index contributed by atoms with van der Waals surface area (Å²) < 4.78 is 0. The minimum absolute atomic E-state index is 1.13. The first kappa shape index (κ1) is 9.07. The van der Waals surface area contributed by atoms with E-state index in [2.05, 4.69) is 42.0 Å². The maximum absolute atomic E-state index is 3.06. The minimum atomic E-state index is 1.13. The second kappa shape index (κ2) is 4.78. The summed E-state index contributed by atoms with van der Waals surface area (Å²) in [5.74, 6) is 0. The molecule has 2 N–H and O–H groups in total. The van der Waals surface area contributed by atoms with Crippen molar-refractivity contribution in [1.82, 2.24) is 5.43 Å². The van der Waals surface area contributed by atoms with Gasteiger partial charge in [-0.25, -0.2) is 5.43 Å². The fourth-order valence-electron chi connectivity index (χ4n) is 1.24. The van der Waals surface area contributed by atoms with Crippen LogP contribution in [-0.4, -0.2) is 7.05 Å². The molecule has 0 bridgehead atoms. The Morgan fingerprint density at radius 3 is 2.83 bits per heavy atom. The van der Waals surface area contributed by atoms with E-state index in [9.17, 15) is 0 Å². The molecule has 0 saturated carbocycles. The molecule has 1 aromatic carbocycles. The van der Waals surface area contributed by atoms with Gasteiger partial charge in [0.25, 0.3) is 0 Å². The highest BCUT2D eigenvalue weighted by Crippen LogP contribution is 2.10. The Bertz CT molecular complexity index is 212. The molecule has 66 valence electrons. The maximum Gasteiger partial charge on any atom is 0.0490 e. The molecular formula is C10H16N2. The largest absolute Gasteiger partial charge is 0.322 e. The van der Waals surface area contributed by atoms with Crippen LogP contribution in [0.2, 0.25) is 0 Å². The average molecular weight is 164 g/mol. The van der Waals surface area contributed by atoms with E-state index in [1.165, 1.54) is 12.0 Å². The molecule has 0 unspecified atom stereocenters. The van der Waals surface area contributed by atoms with Crippen LogP contribution in [-0.2, 0) is 6.42 Å². The van der Waals surface area contributed by atoms with Crippen LogP contribution < -0.4 is 10.9 Å². The number of benzene rings is 1. The minimum Gasteiger partial charge on any atom is -0.322 e. The fraction of sp³-hybridized carbons (Fsp3) is 0.400. The second-order valence-electron chi connectivity index (χ2n) is 2.83. The molecule has 0 saturated heterocycles. The number of hydrazine groups is 1. The number of rotatable bonds is 4. The van der Waals surface area contributed by atoms with Gasteiger partial charge < -0.3 is 5.43 Å². The van der Waals surface area contributed by atoms with Gasteiger partial charge in [-0.3, -0.25) is 0 Å². The van der Waals surface area contributed by atoms with Crippen molar-refractivity contribution in [2.75, 3.05) is 12.5 Å². The lowest BCUT2D eigenvalue weighted by Gasteiger charge is -2.05. The van der Waals surface area contributed by atoms with Crippen LogP contribution in [0, 0.1) is 0 Å². The van der Waals surface area contributed by atoms with Crippen LogP contribution in [0.15, 0.2) is 24.3 Å². The van der Waals surface area contributed by atoms with E-state index in [1.807, 2.05) is 7.05 Å². The first-order valence-corrected chi connectivity index (χ1v) is 4.38. The molecule has 0 radical (unpaired) electrons. The number of hydrogen-bond donors (Lipinski definition) is 2. The lowest BCUT2D eigenvalue weighted by Crippen LogP contribution is -2.14. The molecular weight excluding hydrogens is 148 g/mol. The Morgan fingerprint density at radius 2 is 2.17 bits per heavy atom. The van der Waals surface area contributed by atoms with Gasteiger partial charge in [0.15, 0.2) is 0 Å². The van der Waals surface area contributed by atoms with Gasteiger partial charge in [0.05, 0.1) is 0 Å². The molecule has 2 heteroatoms. The molecule has 0 atom stereocenters. The van der Waals surface area contributed by atoms with E-state index in [-0.39, 0.29) is 0 Å². The normalized spacial score (nSPS) is 9.83. The van der Waals surface area contributed by atoms with Gasteiger partial charge in [0.2, 0.25) is 0 Å². The predicted octanol–water partition coefficient (Wildman–Crippen LogP) is 2.19. The standard InChI is InChI=1S/C10H16N2/c1-3-5-9-6-4-7-10(8-9)12-11-2/h4,6-8,11-12H,3,5H2,1-2H3. The summed E-state index contributed by atoms with van der Waals surface area (Å²) in [6.07, 6.45) is 2.35. The van der Waals surface area contributed by atoms with Crippen LogP contribution in [0.3, 0.4) is 0 Å². The van der Waals surface area contributed by atoms with Crippen molar-refractivity contribution in [2.45, 2.75) is 19.8 Å². The van der Waals surface area contributed by atoms with E-state index in [0.717, 1.165) is 12.1 Å². The van der Waals surface area contributed by atoms with Crippen molar-refractivity contribution in [3.8, 4) is 0 Å². The summed E-state index contributed by atoms with van der Waals surface area (Å²) in [5.41, 5.74) is 8.47. The number of aryl methyl sites for hydroxylation is 1. The average Bonchev–Trinajstić information content (AvgIpc) is 2.06. The van der Waals surface area contributed by atoms with Gasteiger partial charge in [-0.1, -0.05) is 25.5 Å². The van der Waals surface area contributed by atoms with Gasteiger partial charge in [-0.05, 0) is 24.1 Å². The van der Waals surface area contributed by atoms with E-state index in [4.69, 9.17) is 0 Å². The maximum atomic E-state index is 3.06. The predicted molar refractivity (Wildman–Crippen MR) is 53.1 cm³/mol. The summed E-state index contributed by atoms with van der Waals surface area (Å²) in [5, 5.41) is 0. The van der Waals surface area contributed by atoms with Crippen LogP contribution in [0.4, 0.5) is 5.69 Å². The van der Waals surface area contributed by atoms with Crippen molar-refractivity contribution in [3.63, 3.8) is 0 Å². The molecule has 0 aromatic heterocycles. The summed E-state index contributed by atoms with van der Waals surface area (Å²) in [6.45, 7) is 2.19. The smallest absolute Gasteiger partial charge is 0.0490 e. The molecule has 0 amide bonds. The molecule has 0 aliphatic heterocycles. The van der Waals surface area contributed by atoms with Crippen LogP contribution in [0.1, 0.15) is 18.9 Å². The Morgan fingerprint density at radius 1 is 1.33 bits per heavy atom. The Kier molecular flexibility index (Phi) is 3.61. The molecule has 0 heterocycles. The third kappa shape index (κ3) is 2.55. The van der Waals surface area contributed by atoms with Crippen LogP contribution in [0.5, 0.6) is 0 Å². The van der Waals surface area contributed by atoms with Crippen LogP contribution in [0.25, 0.3) is 0 Å². The van der Waals surface area contributed by atoms with E-state index >= 15 is 0 Å². The van der Waals surface area contributed by atoms with Crippen LogP contribution >= 0.6 is 0 Å². The van der Waals surface area contributed by atoms with Crippen molar-refractivity contribution < 1.29 is 0 Å². The zero-order valence-corrected chi connectivity index (χ0v) is 7.72. The third-order valence-electron chi connectivity index (χ3n) is 1.73. The molecule has 2 nitrogen and oxygen atoms in total. The monoisotopic (exact) mass is 164 g/mol. The molecule has 0 aliphatic rings. The van der Waals surface area contributed by atoms with E-state index < -0.39 is 0 Å². The number of nitrogens with one attached hydrogen (secondary N) is 2. The van der Waals surface area contributed by atoms with Gasteiger partial charge in [0, 0.05) is 12.7 Å². The first-order valence-electron chi connectivity index (χ1n) is 4.38.